The van der Waals surface area contributed by atoms with Crippen molar-refractivity contribution >= 4 is 23.3 Å². The van der Waals surface area contributed by atoms with Crippen LogP contribution in [0.2, 0.25) is 5.02 Å². The fourth-order valence-electron chi connectivity index (χ4n) is 1.89. The molecule has 1 N–H and O–H groups in total. The summed E-state index contributed by atoms with van der Waals surface area (Å²) in [6.45, 7) is 4.22. The number of urea groups is 1. The minimum Gasteiger partial charge on any atom is -0.495 e. The molecule has 19 heavy (non-hydrogen) atoms. The molecule has 1 aromatic rings. The van der Waals surface area contributed by atoms with E-state index in [1.165, 1.54) is 0 Å². The van der Waals surface area contributed by atoms with Gasteiger partial charge in [0.2, 0.25) is 0 Å². The fraction of sp³-hybridized carbons (Fsp3) is 0.462. The highest BCUT2D eigenvalue weighted by Gasteiger charge is 2.18. The molecule has 1 fully saturated rings. The lowest BCUT2D eigenvalue weighted by atomic mass is 10.2. The van der Waals surface area contributed by atoms with E-state index in [0.717, 1.165) is 5.56 Å². The van der Waals surface area contributed by atoms with Gasteiger partial charge in [0.05, 0.1) is 26.0 Å². The number of ether oxygens (including phenoxy) is 2. The molecule has 0 aromatic heterocycles. The second-order valence-corrected chi connectivity index (χ2v) is 4.74. The summed E-state index contributed by atoms with van der Waals surface area (Å²) >= 11 is 6.03. The van der Waals surface area contributed by atoms with Crippen molar-refractivity contribution in [3.05, 3.63) is 22.7 Å². The Morgan fingerprint density at radius 3 is 2.74 bits per heavy atom. The maximum absolute atomic E-state index is 12.1. The van der Waals surface area contributed by atoms with Crippen LogP contribution < -0.4 is 10.1 Å². The van der Waals surface area contributed by atoms with Crippen LogP contribution in [0.4, 0.5) is 10.5 Å². The van der Waals surface area contributed by atoms with E-state index in [1.54, 1.807) is 24.1 Å². The third kappa shape index (κ3) is 3.30. The Morgan fingerprint density at radius 1 is 1.42 bits per heavy atom. The molecule has 0 radical (unpaired) electrons. The van der Waals surface area contributed by atoms with Gasteiger partial charge in [-0.25, -0.2) is 4.79 Å². The number of morpholine rings is 1. The number of anilines is 1. The largest absolute Gasteiger partial charge is 0.495 e. The first-order valence-electron chi connectivity index (χ1n) is 6.09. The summed E-state index contributed by atoms with van der Waals surface area (Å²) in [6.07, 6.45) is 0. The van der Waals surface area contributed by atoms with E-state index < -0.39 is 0 Å². The fourth-order valence-corrected chi connectivity index (χ4v) is 2.04. The number of nitrogens with one attached hydrogen (secondary N) is 1. The summed E-state index contributed by atoms with van der Waals surface area (Å²) in [7, 11) is 1.55. The summed E-state index contributed by atoms with van der Waals surface area (Å²) < 4.78 is 10.4. The molecule has 1 aliphatic heterocycles. The molecular formula is C13H17ClN2O3. The molecule has 0 aliphatic carbocycles. The highest BCUT2D eigenvalue weighted by molar-refractivity contribution is 6.31. The predicted octanol–water partition coefficient (Wildman–Crippen LogP) is 2.52. The molecule has 0 saturated carbocycles. The van der Waals surface area contributed by atoms with Crippen molar-refractivity contribution in [2.45, 2.75) is 6.92 Å². The zero-order chi connectivity index (χ0) is 13.8. The molecule has 2 amide bonds. The summed E-state index contributed by atoms with van der Waals surface area (Å²) in [5.41, 5.74) is 1.51. The molecule has 2 rings (SSSR count). The molecule has 5 nitrogen and oxygen atoms in total. The zero-order valence-electron chi connectivity index (χ0n) is 11.0. The van der Waals surface area contributed by atoms with Crippen molar-refractivity contribution in [3.8, 4) is 5.75 Å². The van der Waals surface area contributed by atoms with Gasteiger partial charge in [-0.15, -0.1) is 0 Å². The van der Waals surface area contributed by atoms with Crippen LogP contribution in [0.1, 0.15) is 5.56 Å². The Bertz CT molecular complexity index is 473. The third-order valence-electron chi connectivity index (χ3n) is 3.02. The summed E-state index contributed by atoms with van der Waals surface area (Å²) in [5, 5.41) is 3.46. The lowest BCUT2D eigenvalue weighted by molar-refractivity contribution is 0.0564. The van der Waals surface area contributed by atoms with E-state index in [2.05, 4.69) is 5.32 Å². The number of carbonyl (C=O) groups excluding carboxylic acids is 1. The van der Waals surface area contributed by atoms with Gasteiger partial charge in [-0.05, 0) is 18.6 Å². The van der Waals surface area contributed by atoms with Crippen molar-refractivity contribution in [1.82, 2.24) is 4.90 Å². The van der Waals surface area contributed by atoms with E-state index in [1.807, 2.05) is 6.92 Å². The number of amides is 2. The maximum atomic E-state index is 12.1. The Morgan fingerprint density at radius 2 is 2.11 bits per heavy atom. The number of hydrogen-bond acceptors (Lipinski definition) is 3. The molecule has 104 valence electrons. The van der Waals surface area contributed by atoms with Crippen molar-refractivity contribution in [2.75, 3.05) is 38.7 Å². The van der Waals surface area contributed by atoms with Gasteiger partial charge in [-0.1, -0.05) is 11.6 Å². The standard InChI is InChI=1S/C13H17ClN2O3/c1-9-7-11(12(18-2)8-10(9)14)15-13(17)16-3-5-19-6-4-16/h7-8H,3-6H2,1-2H3,(H,15,17). The van der Waals surface area contributed by atoms with Crippen LogP contribution in [0.15, 0.2) is 12.1 Å². The Labute approximate surface area is 117 Å². The summed E-state index contributed by atoms with van der Waals surface area (Å²) in [4.78, 5) is 13.8. The normalized spacial score (nSPS) is 15.2. The van der Waals surface area contributed by atoms with E-state index in [9.17, 15) is 4.79 Å². The lowest BCUT2D eigenvalue weighted by Crippen LogP contribution is -2.43. The second-order valence-electron chi connectivity index (χ2n) is 4.33. The first-order chi connectivity index (χ1) is 9.11. The molecule has 0 atom stereocenters. The predicted molar refractivity (Wildman–Crippen MR) is 74.2 cm³/mol. The van der Waals surface area contributed by atoms with Gasteiger partial charge >= 0.3 is 6.03 Å². The molecule has 6 heteroatoms. The van der Waals surface area contributed by atoms with Crippen LogP contribution in [0.5, 0.6) is 5.75 Å². The molecule has 1 heterocycles. The number of methoxy groups -OCH3 is 1. The van der Waals surface area contributed by atoms with Crippen LogP contribution in [-0.4, -0.2) is 44.3 Å². The summed E-state index contributed by atoms with van der Waals surface area (Å²) in [6, 6.07) is 3.36. The van der Waals surface area contributed by atoms with E-state index >= 15 is 0 Å². The van der Waals surface area contributed by atoms with Gasteiger partial charge in [-0.3, -0.25) is 0 Å². The van der Waals surface area contributed by atoms with Gasteiger partial charge in [0, 0.05) is 24.2 Å². The van der Waals surface area contributed by atoms with Gasteiger partial charge in [0.15, 0.2) is 0 Å². The smallest absolute Gasteiger partial charge is 0.322 e. The average molecular weight is 285 g/mol. The number of hydrogen-bond donors (Lipinski definition) is 1. The van der Waals surface area contributed by atoms with Crippen LogP contribution in [-0.2, 0) is 4.74 Å². The summed E-state index contributed by atoms with van der Waals surface area (Å²) in [5.74, 6) is 0.553. The highest BCUT2D eigenvalue weighted by atomic mass is 35.5. The van der Waals surface area contributed by atoms with Gasteiger partial charge in [-0.2, -0.15) is 0 Å². The van der Waals surface area contributed by atoms with Crippen LogP contribution in [0.25, 0.3) is 0 Å². The highest BCUT2D eigenvalue weighted by Crippen LogP contribution is 2.31. The number of rotatable bonds is 2. The number of nitrogens with zero attached hydrogens (tertiary/aromatic N) is 1. The van der Waals surface area contributed by atoms with Gasteiger partial charge < -0.3 is 19.7 Å². The van der Waals surface area contributed by atoms with E-state index in [4.69, 9.17) is 21.1 Å². The topological polar surface area (TPSA) is 50.8 Å². The molecule has 0 spiro atoms. The van der Waals surface area contributed by atoms with Crippen molar-refractivity contribution < 1.29 is 14.3 Å². The number of halogens is 1. The molecule has 1 aromatic carbocycles. The van der Waals surface area contributed by atoms with Crippen molar-refractivity contribution in [2.24, 2.45) is 0 Å². The van der Waals surface area contributed by atoms with Crippen LogP contribution in [0.3, 0.4) is 0 Å². The molecular weight excluding hydrogens is 268 g/mol. The van der Waals surface area contributed by atoms with Gasteiger partial charge in [0.25, 0.3) is 0 Å². The molecule has 1 saturated heterocycles. The average Bonchev–Trinajstić information content (AvgIpc) is 2.43. The van der Waals surface area contributed by atoms with Crippen molar-refractivity contribution in [1.29, 1.82) is 0 Å². The lowest BCUT2D eigenvalue weighted by Gasteiger charge is -2.27. The quantitative estimate of drug-likeness (QED) is 0.908. The third-order valence-corrected chi connectivity index (χ3v) is 3.43. The Kier molecular flexibility index (Phi) is 4.50. The van der Waals surface area contributed by atoms with E-state index in [-0.39, 0.29) is 6.03 Å². The molecule has 1 aliphatic rings. The van der Waals surface area contributed by atoms with Gasteiger partial charge in [0.1, 0.15) is 5.75 Å². The van der Waals surface area contributed by atoms with Crippen LogP contribution in [0, 0.1) is 6.92 Å². The molecule has 0 unspecified atom stereocenters. The first kappa shape index (κ1) is 14.0. The Balaban J connectivity index is 2.13. The number of carbonyl (C=O) groups is 1. The number of benzene rings is 1. The van der Waals surface area contributed by atoms with E-state index in [0.29, 0.717) is 42.8 Å². The monoisotopic (exact) mass is 284 g/mol. The minimum atomic E-state index is -0.150. The van der Waals surface area contributed by atoms with Crippen LogP contribution >= 0.6 is 11.6 Å². The first-order valence-corrected chi connectivity index (χ1v) is 6.47. The number of aryl methyl sites for hydroxylation is 1. The zero-order valence-corrected chi connectivity index (χ0v) is 11.8. The second kappa shape index (κ2) is 6.12. The maximum Gasteiger partial charge on any atom is 0.322 e. The SMILES string of the molecule is COc1cc(Cl)c(C)cc1NC(=O)N1CCOCC1. The molecule has 0 bridgehead atoms. The van der Waals surface area contributed by atoms with Crippen molar-refractivity contribution in [3.63, 3.8) is 0 Å². The Hall–Kier alpha value is -1.46. The minimum absolute atomic E-state index is 0.150.